The summed E-state index contributed by atoms with van der Waals surface area (Å²) in [7, 11) is -0.839. The lowest BCUT2D eigenvalue weighted by molar-refractivity contribution is 0.410. The van der Waals surface area contributed by atoms with Gasteiger partial charge in [0.15, 0.2) is 0 Å². The van der Waals surface area contributed by atoms with Crippen LogP contribution in [0.5, 0.6) is 0 Å². The second-order valence-electron chi connectivity index (χ2n) is 4.62. The van der Waals surface area contributed by atoms with Crippen LogP contribution in [0, 0.1) is 0 Å². The van der Waals surface area contributed by atoms with Gasteiger partial charge in [0.2, 0.25) is 5.96 Å². The summed E-state index contributed by atoms with van der Waals surface area (Å²) in [6, 6.07) is 0.473. The van der Waals surface area contributed by atoms with E-state index in [1.807, 2.05) is 6.92 Å². The maximum atomic E-state index is 11.2. The average Bonchev–Trinajstić information content (AvgIpc) is 2.35. The molecule has 0 saturated heterocycles. The summed E-state index contributed by atoms with van der Waals surface area (Å²) in [5.74, 6) is 6.05. The summed E-state index contributed by atoms with van der Waals surface area (Å²) < 4.78 is 11.2. The zero-order valence-corrected chi connectivity index (χ0v) is 11.6. The predicted molar refractivity (Wildman–Crippen MR) is 73.2 cm³/mol. The van der Waals surface area contributed by atoms with Crippen molar-refractivity contribution in [3.05, 3.63) is 0 Å². The summed E-state index contributed by atoms with van der Waals surface area (Å²) in [6.45, 7) is 2.46. The molecule has 0 aromatic heterocycles. The molecular weight excluding hydrogens is 236 g/mol. The molecule has 6 heteroatoms. The summed E-state index contributed by atoms with van der Waals surface area (Å²) in [5, 5.41) is 3.38. The Hall–Kier alpha value is -0.620. The van der Waals surface area contributed by atoms with Crippen LogP contribution in [-0.4, -0.2) is 34.3 Å². The lowest BCUT2D eigenvalue weighted by atomic mass is 9.96. The molecule has 5 nitrogen and oxygen atoms in total. The first kappa shape index (κ1) is 14.4. The zero-order valence-electron chi connectivity index (χ0n) is 10.7. The second-order valence-corrected chi connectivity index (χ2v) is 6.42. The first-order chi connectivity index (χ1) is 8.13. The Kier molecular flexibility index (Phi) is 6.50. The van der Waals surface area contributed by atoms with Gasteiger partial charge >= 0.3 is 0 Å². The molecule has 1 aliphatic carbocycles. The van der Waals surface area contributed by atoms with E-state index in [0.29, 0.717) is 18.5 Å². The number of aliphatic imine (C=N–C) groups is 1. The highest BCUT2D eigenvalue weighted by molar-refractivity contribution is 7.84. The highest BCUT2D eigenvalue weighted by Gasteiger charge is 2.14. The van der Waals surface area contributed by atoms with Crippen LogP contribution < -0.4 is 16.6 Å². The molecule has 0 amide bonds. The average molecular weight is 260 g/mol. The highest BCUT2D eigenvalue weighted by Crippen LogP contribution is 2.17. The Morgan fingerprint density at radius 1 is 1.47 bits per heavy atom. The van der Waals surface area contributed by atoms with Crippen LogP contribution in [-0.2, 0) is 10.8 Å². The van der Waals surface area contributed by atoms with E-state index in [1.165, 1.54) is 32.1 Å². The molecule has 0 aliphatic heterocycles. The third kappa shape index (κ3) is 5.50. The lowest BCUT2D eigenvalue weighted by Gasteiger charge is -2.24. The van der Waals surface area contributed by atoms with Crippen molar-refractivity contribution >= 4 is 16.8 Å². The first-order valence-electron chi connectivity index (χ1n) is 6.23. The normalized spacial score (nSPS) is 21.9. The largest absolute Gasteiger partial charge is 0.353 e. The van der Waals surface area contributed by atoms with Crippen molar-refractivity contribution in [2.24, 2.45) is 10.8 Å². The van der Waals surface area contributed by atoms with Gasteiger partial charge in [-0.3, -0.25) is 14.6 Å². The third-order valence-corrected chi connectivity index (χ3v) is 4.44. The summed E-state index contributed by atoms with van der Waals surface area (Å²) in [6.07, 6.45) is 7.92. The monoisotopic (exact) mass is 260 g/mol. The number of hydrogen-bond donors (Lipinski definition) is 3. The smallest absolute Gasteiger partial charge is 0.205 e. The number of nitrogens with two attached hydrogens (primary N) is 1. The molecule has 17 heavy (non-hydrogen) atoms. The van der Waals surface area contributed by atoms with Crippen LogP contribution in [0.3, 0.4) is 0 Å². The van der Waals surface area contributed by atoms with Gasteiger partial charge in [-0.05, 0) is 19.8 Å². The molecule has 2 unspecified atom stereocenters. The van der Waals surface area contributed by atoms with Crippen LogP contribution >= 0.6 is 0 Å². The molecule has 0 radical (unpaired) electrons. The fourth-order valence-electron chi connectivity index (χ4n) is 1.90. The van der Waals surface area contributed by atoms with Crippen molar-refractivity contribution in [1.82, 2.24) is 10.7 Å². The van der Waals surface area contributed by atoms with E-state index < -0.39 is 10.8 Å². The molecule has 2 atom stereocenters. The molecule has 1 rings (SSSR count). The summed E-state index contributed by atoms with van der Waals surface area (Å²) in [5.41, 5.74) is 2.58. The third-order valence-electron chi connectivity index (χ3n) is 3.16. The van der Waals surface area contributed by atoms with Crippen LogP contribution in [0.25, 0.3) is 0 Å². The zero-order chi connectivity index (χ0) is 12.7. The minimum atomic E-state index is -0.839. The maximum absolute atomic E-state index is 11.2. The van der Waals surface area contributed by atoms with E-state index in [0.717, 1.165) is 0 Å². The molecule has 0 heterocycles. The van der Waals surface area contributed by atoms with E-state index in [4.69, 9.17) is 5.84 Å². The van der Waals surface area contributed by atoms with Crippen molar-refractivity contribution in [2.75, 3.05) is 12.8 Å². The Balaban J connectivity index is 2.40. The van der Waals surface area contributed by atoms with Crippen molar-refractivity contribution in [3.63, 3.8) is 0 Å². The van der Waals surface area contributed by atoms with Crippen molar-refractivity contribution < 1.29 is 4.21 Å². The van der Waals surface area contributed by atoms with Gasteiger partial charge in [0.25, 0.3) is 0 Å². The molecular formula is C11H24N4OS. The Morgan fingerprint density at radius 3 is 2.65 bits per heavy atom. The van der Waals surface area contributed by atoms with Crippen LogP contribution in [0.4, 0.5) is 0 Å². The number of nitrogens with one attached hydrogen (secondary N) is 2. The minimum Gasteiger partial charge on any atom is -0.353 e. The number of nitrogens with zero attached hydrogens (tertiary/aromatic N) is 1. The number of guanidine groups is 1. The van der Waals surface area contributed by atoms with Gasteiger partial charge in [-0.1, -0.05) is 19.3 Å². The van der Waals surface area contributed by atoms with Crippen molar-refractivity contribution in [2.45, 2.75) is 50.3 Å². The van der Waals surface area contributed by atoms with Gasteiger partial charge in [-0.2, -0.15) is 0 Å². The number of hydrazine groups is 1. The van der Waals surface area contributed by atoms with Gasteiger partial charge in [0, 0.05) is 23.1 Å². The van der Waals surface area contributed by atoms with E-state index >= 15 is 0 Å². The van der Waals surface area contributed by atoms with E-state index in [2.05, 4.69) is 15.7 Å². The molecule has 1 aliphatic rings. The fraction of sp³-hybridized carbons (Fsp3) is 0.909. The predicted octanol–water partition coefficient (Wildman–Crippen LogP) is 0.495. The van der Waals surface area contributed by atoms with Gasteiger partial charge in [-0.25, -0.2) is 5.84 Å². The molecule has 100 valence electrons. The Morgan fingerprint density at radius 2 is 2.12 bits per heavy atom. The van der Waals surface area contributed by atoms with Crippen LogP contribution in [0.2, 0.25) is 0 Å². The summed E-state index contributed by atoms with van der Waals surface area (Å²) >= 11 is 0. The molecule has 0 bridgehead atoms. The Bertz CT molecular complexity index is 277. The van der Waals surface area contributed by atoms with Crippen LogP contribution in [0.15, 0.2) is 4.99 Å². The lowest BCUT2D eigenvalue weighted by Crippen LogP contribution is -2.47. The molecule has 4 N–H and O–H groups in total. The van der Waals surface area contributed by atoms with Crippen LogP contribution in [0.1, 0.15) is 39.0 Å². The van der Waals surface area contributed by atoms with E-state index in [1.54, 1.807) is 6.26 Å². The van der Waals surface area contributed by atoms with Gasteiger partial charge in [0.1, 0.15) is 0 Å². The molecule has 1 saturated carbocycles. The topological polar surface area (TPSA) is 79.5 Å². The minimum absolute atomic E-state index is 0.0616. The number of rotatable bonds is 4. The summed E-state index contributed by atoms with van der Waals surface area (Å²) in [4.78, 5) is 4.33. The standard InChI is InChI=1S/C11H24N4OS/c1-9(17(2)16)8-13-11(15-12)14-10-6-4-3-5-7-10/h9-10H,3-8,12H2,1-2H3,(H2,13,14,15). The quantitative estimate of drug-likeness (QED) is 0.297. The maximum Gasteiger partial charge on any atom is 0.205 e. The van der Waals surface area contributed by atoms with E-state index in [9.17, 15) is 4.21 Å². The molecule has 1 fully saturated rings. The van der Waals surface area contributed by atoms with E-state index in [-0.39, 0.29) is 5.25 Å². The molecule has 0 aromatic carbocycles. The van der Waals surface area contributed by atoms with Crippen molar-refractivity contribution in [3.8, 4) is 0 Å². The Labute approximate surface area is 106 Å². The van der Waals surface area contributed by atoms with Gasteiger partial charge in [0.05, 0.1) is 11.8 Å². The first-order valence-corrected chi connectivity index (χ1v) is 7.85. The van der Waals surface area contributed by atoms with Gasteiger partial charge in [-0.15, -0.1) is 0 Å². The molecule has 0 spiro atoms. The second kappa shape index (κ2) is 7.66. The molecule has 0 aromatic rings. The van der Waals surface area contributed by atoms with Crippen molar-refractivity contribution in [1.29, 1.82) is 0 Å². The van der Waals surface area contributed by atoms with Gasteiger partial charge < -0.3 is 5.32 Å². The SMILES string of the molecule is CC(CN=C(NN)NC1CCCCC1)S(C)=O. The fourth-order valence-corrected chi connectivity index (χ4v) is 2.18. The highest BCUT2D eigenvalue weighted by atomic mass is 32.2. The number of hydrogen-bond acceptors (Lipinski definition) is 3.